The van der Waals surface area contributed by atoms with Gasteiger partial charge in [-0.1, -0.05) is 23.8 Å². The Hall–Kier alpha value is -1.41. The fourth-order valence-electron chi connectivity index (χ4n) is 1.66. The molecule has 0 amide bonds. The molecule has 7 nitrogen and oxygen atoms in total. The summed E-state index contributed by atoms with van der Waals surface area (Å²) in [4.78, 5) is 4.32. The Morgan fingerprint density at radius 1 is 1.37 bits per heavy atom. The Balaban J connectivity index is 1.97. The van der Waals surface area contributed by atoms with Crippen molar-refractivity contribution in [2.24, 2.45) is 5.73 Å². The number of aryl methyl sites for hydroxylation is 2. The zero-order valence-electron chi connectivity index (χ0n) is 11.2. The predicted molar refractivity (Wildman–Crippen MR) is 71.7 cm³/mol. The molecule has 104 valence electrons. The van der Waals surface area contributed by atoms with Gasteiger partial charge in [0.2, 0.25) is 5.89 Å². The molecule has 0 aliphatic rings. The summed E-state index contributed by atoms with van der Waals surface area (Å²) in [6, 6.07) is 0. The van der Waals surface area contributed by atoms with Crippen molar-refractivity contribution in [2.45, 2.75) is 44.1 Å². The fourth-order valence-corrected chi connectivity index (χ4v) is 2.50. The lowest BCUT2D eigenvalue weighted by molar-refractivity contribution is 0.384. The van der Waals surface area contributed by atoms with Crippen molar-refractivity contribution >= 4 is 11.8 Å². The van der Waals surface area contributed by atoms with Crippen molar-refractivity contribution in [1.29, 1.82) is 0 Å². The smallest absolute Gasteiger partial charge is 0.237 e. The summed E-state index contributed by atoms with van der Waals surface area (Å²) in [6.45, 7) is 5.28. The maximum Gasteiger partial charge on any atom is 0.237 e. The summed E-state index contributed by atoms with van der Waals surface area (Å²) in [6.07, 6.45) is 1.85. The van der Waals surface area contributed by atoms with E-state index in [2.05, 4.69) is 27.3 Å². The molecule has 0 radical (unpaired) electrons. The first-order chi connectivity index (χ1) is 9.24. The molecule has 0 saturated heterocycles. The normalized spacial score (nSPS) is 11.1. The molecule has 0 fully saturated rings. The third-order valence-corrected chi connectivity index (χ3v) is 3.51. The average Bonchev–Trinajstić information content (AvgIpc) is 2.97. The van der Waals surface area contributed by atoms with E-state index in [4.69, 9.17) is 10.3 Å². The molecular formula is C11H18N6OS. The first kappa shape index (κ1) is 14.0. The Morgan fingerprint density at radius 3 is 2.95 bits per heavy atom. The molecule has 0 spiro atoms. The van der Waals surface area contributed by atoms with Crippen LogP contribution in [-0.4, -0.2) is 31.4 Å². The third kappa shape index (κ3) is 3.54. The summed E-state index contributed by atoms with van der Waals surface area (Å²) in [5.41, 5.74) is 5.57. The van der Waals surface area contributed by atoms with E-state index in [-0.39, 0.29) is 0 Å². The molecule has 0 bridgehead atoms. The van der Waals surface area contributed by atoms with Crippen LogP contribution >= 0.6 is 11.8 Å². The number of hydrogen-bond acceptors (Lipinski definition) is 7. The lowest BCUT2D eigenvalue weighted by Gasteiger charge is -2.04. The van der Waals surface area contributed by atoms with Crippen molar-refractivity contribution in [3.8, 4) is 0 Å². The van der Waals surface area contributed by atoms with Crippen molar-refractivity contribution < 1.29 is 4.52 Å². The topological polar surface area (TPSA) is 95.7 Å². The summed E-state index contributed by atoms with van der Waals surface area (Å²) in [5.74, 6) is 2.84. The molecule has 0 unspecified atom stereocenters. The van der Waals surface area contributed by atoms with Gasteiger partial charge in [0.05, 0.1) is 5.75 Å². The van der Waals surface area contributed by atoms with Crippen LogP contribution in [0.15, 0.2) is 9.68 Å². The molecule has 0 aliphatic heterocycles. The quantitative estimate of drug-likeness (QED) is 0.761. The minimum absolute atomic E-state index is 0.563. The second-order valence-corrected chi connectivity index (χ2v) is 5.06. The zero-order chi connectivity index (χ0) is 13.7. The number of thioether (sulfide) groups is 1. The van der Waals surface area contributed by atoms with Crippen LogP contribution in [0.2, 0.25) is 0 Å². The van der Waals surface area contributed by atoms with E-state index in [1.54, 1.807) is 0 Å². The van der Waals surface area contributed by atoms with Crippen LogP contribution in [0.1, 0.15) is 30.9 Å². The van der Waals surface area contributed by atoms with Crippen molar-refractivity contribution in [2.75, 3.05) is 6.54 Å². The molecule has 2 heterocycles. The standard InChI is InChI=1S/C11H18N6OS/c1-3-4-9-13-10(18-16-9)7-19-11-15-14-8(2)17(11)6-5-12/h3-7,12H2,1-2H3. The minimum atomic E-state index is 0.563. The highest BCUT2D eigenvalue weighted by Gasteiger charge is 2.11. The summed E-state index contributed by atoms with van der Waals surface area (Å²) >= 11 is 1.53. The molecule has 0 atom stereocenters. The first-order valence-electron chi connectivity index (χ1n) is 6.28. The van der Waals surface area contributed by atoms with Gasteiger partial charge in [-0.25, -0.2) is 0 Å². The van der Waals surface area contributed by atoms with Crippen LogP contribution in [0.5, 0.6) is 0 Å². The van der Waals surface area contributed by atoms with Crippen LogP contribution in [-0.2, 0) is 18.7 Å². The number of rotatable bonds is 7. The number of nitrogens with zero attached hydrogens (tertiary/aromatic N) is 5. The SMILES string of the molecule is CCCc1noc(CSc2nnc(C)n2CCN)n1. The van der Waals surface area contributed by atoms with Gasteiger partial charge in [-0.15, -0.1) is 10.2 Å². The van der Waals surface area contributed by atoms with Gasteiger partial charge in [0.1, 0.15) is 5.82 Å². The lowest BCUT2D eigenvalue weighted by atomic mass is 10.3. The van der Waals surface area contributed by atoms with E-state index >= 15 is 0 Å². The largest absolute Gasteiger partial charge is 0.338 e. The van der Waals surface area contributed by atoms with Gasteiger partial charge < -0.3 is 14.8 Å². The monoisotopic (exact) mass is 282 g/mol. The molecule has 0 aromatic carbocycles. The van der Waals surface area contributed by atoms with Crippen LogP contribution in [0, 0.1) is 6.92 Å². The molecule has 0 aliphatic carbocycles. The molecule has 2 N–H and O–H groups in total. The minimum Gasteiger partial charge on any atom is -0.338 e. The predicted octanol–water partition coefficient (Wildman–Crippen LogP) is 1.17. The van der Waals surface area contributed by atoms with E-state index < -0.39 is 0 Å². The maximum atomic E-state index is 5.57. The van der Waals surface area contributed by atoms with Crippen molar-refractivity contribution in [3.63, 3.8) is 0 Å². The van der Waals surface area contributed by atoms with Crippen molar-refractivity contribution in [3.05, 3.63) is 17.5 Å². The Labute approximate surface area is 116 Å². The molecule has 19 heavy (non-hydrogen) atoms. The molecule has 0 saturated carbocycles. The average molecular weight is 282 g/mol. The Bertz CT molecular complexity index is 523. The molecule has 2 aromatic heterocycles. The van der Waals surface area contributed by atoms with Gasteiger partial charge in [-0.3, -0.25) is 0 Å². The lowest BCUT2D eigenvalue weighted by Crippen LogP contribution is -2.12. The van der Waals surface area contributed by atoms with Gasteiger partial charge in [0, 0.05) is 19.5 Å². The van der Waals surface area contributed by atoms with Crippen LogP contribution in [0.25, 0.3) is 0 Å². The number of nitrogens with two attached hydrogens (primary N) is 1. The van der Waals surface area contributed by atoms with Gasteiger partial charge in [-0.2, -0.15) is 4.98 Å². The highest BCUT2D eigenvalue weighted by molar-refractivity contribution is 7.98. The van der Waals surface area contributed by atoms with E-state index in [9.17, 15) is 0 Å². The van der Waals surface area contributed by atoms with E-state index in [0.717, 1.165) is 29.6 Å². The molecular weight excluding hydrogens is 264 g/mol. The van der Waals surface area contributed by atoms with Gasteiger partial charge in [0.25, 0.3) is 0 Å². The van der Waals surface area contributed by atoms with Crippen LogP contribution < -0.4 is 5.73 Å². The number of hydrogen-bond donors (Lipinski definition) is 1. The van der Waals surface area contributed by atoms with Gasteiger partial charge in [-0.05, 0) is 13.3 Å². The second-order valence-electron chi connectivity index (χ2n) is 4.11. The fraction of sp³-hybridized carbons (Fsp3) is 0.636. The van der Waals surface area contributed by atoms with Crippen LogP contribution in [0.3, 0.4) is 0 Å². The van der Waals surface area contributed by atoms with E-state index in [1.807, 2.05) is 11.5 Å². The Kier molecular flexibility index (Phi) is 4.92. The molecule has 2 aromatic rings. The maximum absolute atomic E-state index is 5.57. The third-order valence-electron chi connectivity index (χ3n) is 2.56. The first-order valence-corrected chi connectivity index (χ1v) is 7.27. The van der Waals surface area contributed by atoms with Crippen LogP contribution in [0.4, 0.5) is 0 Å². The summed E-state index contributed by atoms with van der Waals surface area (Å²) in [5, 5.41) is 12.9. The molecule has 2 rings (SSSR count). The van der Waals surface area contributed by atoms with Crippen molar-refractivity contribution in [1.82, 2.24) is 24.9 Å². The van der Waals surface area contributed by atoms with Gasteiger partial charge in [0.15, 0.2) is 11.0 Å². The summed E-state index contributed by atoms with van der Waals surface area (Å²) < 4.78 is 7.18. The second kappa shape index (κ2) is 6.67. The number of aromatic nitrogens is 5. The zero-order valence-corrected chi connectivity index (χ0v) is 12.0. The Morgan fingerprint density at radius 2 is 2.21 bits per heavy atom. The molecule has 8 heteroatoms. The van der Waals surface area contributed by atoms with E-state index in [1.165, 1.54) is 11.8 Å². The van der Waals surface area contributed by atoms with E-state index in [0.29, 0.717) is 24.7 Å². The highest BCUT2D eigenvalue weighted by Crippen LogP contribution is 2.20. The highest BCUT2D eigenvalue weighted by atomic mass is 32.2. The summed E-state index contributed by atoms with van der Waals surface area (Å²) in [7, 11) is 0. The van der Waals surface area contributed by atoms with Gasteiger partial charge >= 0.3 is 0 Å².